The summed E-state index contributed by atoms with van der Waals surface area (Å²) in [6.07, 6.45) is 0. The number of anilines is 4. The fourth-order valence-electron chi connectivity index (χ4n) is 4.86. The van der Waals surface area contributed by atoms with E-state index in [1.54, 1.807) is 36.4 Å². The van der Waals surface area contributed by atoms with Gasteiger partial charge in [0.25, 0.3) is 10.1 Å². The number of hydrogen-bond donors (Lipinski definition) is 4. The maximum absolute atomic E-state index is 12.1. The number of nitrogens with one attached hydrogen (secondary N) is 2. The Morgan fingerprint density at radius 2 is 1.82 bits per heavy atom. The smallest absolute Gasteiger partial charge is 0.295 e. The van der Waals surface area contributed by atoms with E-state index in [0.717, 1.165) is 19.6 Å². The van der Waals surface area contributed by atoms with Crippen molar-refractivity contribution in [2.75, 3.05) is 61.9 Å². The highest BCUT2D eigenvalue weighted by Crippen LogP contribution is 2.39. The molecule has 1 aliphatic rings. The number of nitrogens with two attached hydrogens (primary N) is 1. The van der Waals surface area contributed by atoms with E-state index in [2.05, 4.69) is 40.7 Å². The van der Waals surface area contributed by atoms with Crippen LogP contribution in [0.5, 0.6) is 5.75 Å². The number of benzene rings is 3. The summed E-state index contributed by atoms with van der Waals surface area (Å²) in [5.74, 6) is 0.505. The molecule has 2 heterocycles. The maximum Gasteiger partial charge on any atom is 0.295 e. The Hall–Kier alpha value is -4.48. The summed E-state index contributed by atoms with van der Waals surface area (Å²) in [6, 6.07) is 12.6. The van der Waals surface area contributed by atoms with Crippen molar-refractivity contribution in [3.63, 3.8) is 0 Å². The van der Waals surface area contributed by atoms with Crippen molar-refractivity contribution >= 4 is 73.0 Å². The summed E-state index contributed by atoms with van der Waals surface area (Å²) in [5.41, 5.74) is 6.70. The van der Waals surface area contributed by atoms with Crippen molar-refractivity contribution in [1.82, 2.24) is 19.9 Å². The first-order valence-corrected chi connectivity index (χ1v) is 15.6. The summed E-state index contributed by atoms with van der Waals surface area (Å²) in [4.78, 5) is 29.1. The Morgan fingerprint density at radius 3 is 2.51 bits per heavy atom. The third-order valence-electron chi connectivity index (χ3n) is 6.93. The molecule has 17 heteroatoms. The van der Waals surface area contributed by atoms with Crippen LogP contribution in [-0.2, 0) is 14.9 Å². The molecule has 1 amide bonds. The van der Waals surface area contributed by atoms with Crippen LogP contribution in [0.4, 0.5) is 34.6 Å². The molecule has 15 nitrogen and oxygen atoms in total. The molecule has 1 saturated heterocycles. The molecule has 0 saturated carbocycles. The van der Waals surface area contributed by atoms with Crippen LogP contribution in [0.15, 0.2) is 63.7 Å². The number of hydrogen-bond acceptors (Lipinski definition) is 13. The number of carbonyl (C=O) groups excluding carboxylic acids is 1. The van der Waals surface area contributed by atoms with E-state index in [1.807, 2.05) is 4.90 Å². The lowest BCUT2D eigenvalue weighted by Gasteiger charge is -2.34. The number of nitrogens with zero attached hydrogens (tertiary/aromatic N) is 7. The zero-order valence-electron chi connectivity index (χ0n) is 24.4. The van der Waals surface area contributed by atoms with Gasteiger partial charge >= 0.3 is 0 Å². The normalized spacial score (nSPS) is 14.2. The van der Waals surface area contributed by atoms with E-state index < -0.39 is 10.1 Å². The van der Waals surface area contributed by atoms with Gasteiger partial charge in [0.05, 0.1) is 24.2 Å². The van der Waals surface area contributed by atoms with Gasteiger partial charge in [-0.15, -0.1) is 5.11 Å². The predicted molar refractivity (Wildman–Crippen MR) is 171 cm³/mol. The van der Waals surface area contributed by atoms with Crippen LogP contribution in [0.1, 0.15) is 6.92 Å². The highest BCUT2D eigenvalue weighted by Gasteiger charge is 2.21. The minimum absolute atomic E-state index is 0.00185. The van der Waals surface area contributed by atoms with Gasteiger partial charge in [-0.05, 0) is 35.2 Å². The van der Waals surface area contributed by atoms with Crippen LogP contribution in [0, 0.1) is 0 Å². The summed E-state index contributed by atoms with van der Waals surface area (Å²) in [7, 11) is -3.09. The van der Waals surface area contributed by atoms with Gasteiger partial charge < -0.3 is 26.0 Å². The molecular weight excluding hydrogens is 624 g/mol. The first kappa shape index (κ1) is 31.9. The number of azo groups is 1. The molecule has 0 bridgehead atoms. The molecule has 5 N–H and O–H groups in total. The van der Waals surface area contributed by atoms with Crippen molar-refractivity contribution in [2.24, 2.45) is 16.0 Å². The average molecular weight is 655 g/mol. The third-order valence-corrected chi connectivity index (χ3v) is 7.99. The molecule has 1 aromatic heterocycles. The molecule has 5 rings (SSSR count). The Kier molecular flexibility index (Phi) is 9.69. The number of piperazine rings is 1. The van der Waals surface area contributed by atoms with Crippen molar-refractivity contribution in [3.05, 3.63) is 53.8 Å². The predicted octanol–water partition coefficient (Wildman–Crippen LogP) is 4.13. The van der Waals surface area contributed by atoms with Crippen molar-refractivity contribution < 1.29 is 22.5 Å². The van der Waals surface area contributed by atoms with E-state index in [0.29, 0.717) is 47.8 Å². The number of fused-ring (bicyclic) bond motifs is 1. The van der Waals surface area contributed by atoms with Gasteiger partial charge in [0.15, 0.2) is 0 Å². The fourth-order valence-corrected chi connectivity index (χ4v) is 5.75. The summed E-state index contributed by atoms with van der Waals surface area (Å²) in [5, 5.41) is 15.2. The number of ether oxygens (including phenoxy) is 1. The third kappa shape index (κ3) is 7.79. The lowest BCUT2D eigenvalue weighted by atomic mass is 10.1. The molecular formula is C28H31ClN10O5S. The highest BCUT2D eigenvalue weighted by atomic mass is 35.5. The number of methoxy groups -OCH3 is 1. The van der Waals surface area contributed by atoms with E-state index >= 15 is 0 Å². The minimum atomic E-state index is -4.55. The first-order chi connectivity index (χ1) is 21.5. The molecule has 0 spiro atoms. The standard InChI is InChI=1S/C28H31ClN10O5S/c1-17(40)31-21-15-23(32-27-33-26(29)34-28(35-27)39-11-9-38(8-7-30)10-12-39)24(44-2)16-22(21)37-36-19-13-18-5-3-4-6-20(18)25(14-19)45(41,42)43/h3-6,13-16H,7-12,30H2,1-2H3,(H,31,40)(H,41,42,43)(H,32,33,34,35). The van der Waals surface area contributed by atoms with Crippen molar-refractivity contribution in [2.45, 2.75) is 11.8 Å². The molecule has 45 heavy (non-hydrogen) atoms. The van der Waals surface area contributed by atoms with Gasteiger partial charge in [-0.2, -0.15) is 28.5 Å². The first-order valence-electron chi connectivity index (χ1n) is 13.8. The molecule has 0 unspecified atom stereocenters. The van der Waals surface area contributed by atoms with Crippen LogP contribution in [0.3, 0.4) is 0 Å². The summed E-state index contributed by atoms with van der Waals surface area (Å²) in [6.45, 7) is 5.75. The maximum atomic E-state index is 12.1. The van der Waals surface area contributed by atoms with Crippen molar-refractivity contribution in [3.8, 4) is 5.75 Å². The Morgan fingerprint density at radius 1 is 1.07 bits per heavy atom. The molecule has 4 aromatic rings. The van der Waals surface area contributed by atoms with Crippen LogP contribution in [0.2, 0.25) is 5.28 Å². The molecule has 0 radical (unpaired) electrons. The molecule has 0 aliphatic carbocycles. The highest BCUT2D eigenvalue weighted by molar-refractivity contribution is 7.86. The molecule has 3 aromatic carbocycles. The molecule has 0 atom stereocenters. The van der Waals surface area contributed by atoms with Gasteiger partial charge in [-0.3, -0.25) is 14.2 Å². The number of halogens is 1. The number of amides is 1. The Labute approximate surface area is 264 Å². The minimum Gasteiger partial charge on any atom is -0.494 e. The zero-order chi connectivity index (χ0) is 32.1. The monoisotopic (exact) mass is 654 g/mol. The Balaban J connectivity index is 1.47. The SMILES string of the molecule is COc1cc(N=Nc2cc(S(=O)(=O)O)c3ccccc3c2)c(NC(C)=O)cc1Nc1nc(Cl)nc(N2CCN(CCN)CC2)n1. The zero-order valence-corrected chi connectivity index (χ0v) is 26.0. The number of carbonyl (C=O) groups is 1. The van der Waals surface area contributed by atoms with Gasteiger partial charge in [0.1, 0.15) is 16.3 Å². The van der Waals surface area contributed by atoms with Gasteiger partial charge in [-0.1, -0.05) is 24.3 Å². The number of rotatable bonds is 10. The quantitative estimate of drug-likeness (QED) is 0.141. The van der Waals surface area contributed by atoms with Crippen LogP contribution in [0.25, 0.3) is 10.8 Å². The second-order valence-electron chi connectivity index (χ2n) is 10.1. The van der Waals surface area contributed by atoms with E-state index in [9.17, 15) is 17.8 Å². The van der Waals surface area contributed by atoms with Crippen LogP contribution < -0.4 is 26.0 Å². The second-order valence-corrected chi connectivity index (χ2v) is 11.8. The van der Waals surface area contributed by atoms with Gasteiger partial charge in [0.2, 0.25) is 23.1 Å². The van der Waals surface area contributed by atoms with Crippen molar-refractivity contribution in [1.29, 1.82) is 0 Å². The largest absolute Gasteiger partial charge is 0.494 e. The molecule has 236 valence electrons. The van der Waals surface area contributed by atoms with Gasteiger partial charge in [-0.25, -0.2) is 0 Å². The summed E-state index contributed by atoms with van der Waals surface area (Å²) < 4.78 is 39.5. The topological polar surface area (TPSA) is 201 Å². The average Bonchev–Trinajstić information content (AvgIpc) is 2.99. The summed E-state index contributed by atoms with van der Waals surface area (Å²) >= 11 is 6.26. The number of aromatic nitrogens is 3. The van der Waals surface area contributed by atoms with Crippen LogP contribution >= 0.6 is 11.6 Å². The molecule has 1 fully saturated rings. The second kappa shape index (κ2) is 13.7. The molecule has 1 aliphatic heterocycles. The van der Waals surface area contributed by atoms with E-state index in [1.165, 1.54) is 26.2 Å². The van der Waals surface area contributed by atoms with Gasteiger partial charge in [0, 0.05) is 57.6 Å². The Bertz CT molecular complexity index is 1870. The van der Waals surface area contributed by atoms with E-state index in [4.69, 9.17) is 22.1 Å². The lowest BCUT2D eigenvalue weighted by Crippen LogP contribution is -2.48. The fraction of sp³-hybridized carbons (Fsp3) is 0.286. The van der Waals surface area contributed by atoms with E-state index in [-0.39, 0.29) is 39.1 Å². The lowest BCUT2D eigenvalue weighted by molar-refractivity contribution is -0.114. The van der Waals surface area contributed by atoms with Crippen LogP contribution in [-0.4, -0.2) is 85.1 Å².